The van der Waals surface area contributed by atoms with Crippen molar-refractivity contribution in [3.05, 3.63) is 41.0 Å². The molecule has 112 valence electrons. The van der Waals surface area contributed by atoms with E-state index in [1.807, 2.05) is 6.08 Å². The zero-order valence-electron chi connectivity index (χ0n) is 14.9. The van der Waals surface area contributed by atoms with E-state index in [9.17, 15) is 0 Å². The Morgan fingerprint density at radius 3 is 1.25 bits per heavy atom. The zero-order valence-corrected chi connectivity index (χ0v) is 14.9. The third kappa shape index (κ3) is 3.53. The van der Waals surface area contributed by atoms with E-state index < -0.39 is 0 Å². The van der Waals surface area contributed by atoms with Crippen molar-refractivity contribution in [2.24, 2.45) is 0 Å². The molecular formula is C20H32. The van der Waals surface area contributed by atoms with Gasteiger partial charge < -0.3 is 0 Å². The summed E-state index contributed by atoms with van der Waals surface area (Å²) in [6.07, 6.45) is 2.04. The largest absolute Gasteiger partial charge is 0.0984 e. The van der Waals surface area contributed by atoms with Gasteiger partial charge in [0.15, 0.2) is 0 Å². The lowest BCUT2D eigenvalue weighted by atomic mass is 9.72. The van der Waals surface area contributed by atoms with Crippen LogP contribution in [0.4, 0.5) is 0 Å². The van der Waals surface area contributed by atoms with Gasteiger partial charge in [-0.05, 0) is 38.5 Å². The molecule has 0 aliphatic carbocycles. The topological polar surface area (TPSA) is 0 Å². The zero-order chi connectivity index (χ0) is 15.9. The lowest BCUT2D eigenvalue weighted by molar-refractivity contribution is 0.546. The van der Waals surface area contributed by atoms with Gasteiger partial charge in [0.05, 0.1) is 0 Å². The molecule has 0 fully saturated rings. The van der Waals surface area contributed by atoms with Crippen molar-refractivity contribution in [2.45, 2.75) is 78.6 Å². The first-order chi connectivity index (χ1) is 8.78. The second-order valence-electron chi connectivity index (χ2n) is 8.94. The van der Waals surface area contributed by atoms with Crippen LogP contribution in [-0.4, -0.2) is 0 Å². The van der Waals surface area contributed by atoms with Gasteiger partial charge >= 0.3 is 0 Å². The van der Waals surface area contributed by atoms with E-state index in [0.717, 1.165) is 0 Å². The molecule has 0 heteroatoms. The summed E-state index contributed by atoms with van der Waals surface area (Å²) in [4.78, 5) is 0. The second-order valence-corrected chi connectivity index (χ2v) is 8.94. The van der Waals surface area contributed by atoms with Crippen LogP contribution in [0.15, 0.2) is 18.7 Å². The summed E-state index contributed by atoms with van der Waals surface area (Å²) in [6, 6.07) is 4.76. The Hall–Kier alpha value is -1.04. The summed E-state index contributed by atoms with van der Waals surface area (Å²) < 4.78 is 0. The molecule has 0 aromatic heterocycles. The Labute approximate surface area is 126 Å². The highest BCUT2D eigenvalue weighted by atomic mass is 14.3. The van der Waals surface area contributed by atoms with E-state index in [1.54, 1.807) is 0 Å². The number of rotatable bonds is 1. The van der Waals surface area contributed by atoms with Crippen LogP contribution in [0.25, 0.3) is 6.08 Å². The van der Waals surface area contributed by atoms with Crippen molar-refractivity contribution in [3.63, 3.8) is 0 Å². The van der Waals surface area contributed by atoms with E-state index in [4.69, 9.17) is 0 Å². The van der Waals surface area contributed by atoms with E-state index in [-0.39, 0.29) is 16.2 Å². The Kier molecular flexibility index (Phi) is 4.30. The molecule has 1 aromatic rings. The molecule has 0 amide bonds. The molecule has 0 saturated carbocycles. The monoisotopic (exact) mass is 272 g/mol. The molecule has 0 aliphatic heterocycles. The van der Waals surface area contributed by atoms with Gasteiger partial charge in [0.25, 0.3) is 0 Å². The first kappa shape index (κ1) is 17.0. The van der Waals surface area contributed by atoms with Crippen LogP contribution in [0.1, 0.15) is 84.6 Å². The minimum atomic E-state index is 0.130. The van der Waals surface area contributed by atoms with Crippen LogP contribution in [-0.2, 0) is 16.2 Å². The van der Waals surface area contributed by atoms with Crippen LogP contribution in [0.2, 0.25) is 0 Å². The highest BCUT2D eigenvalue weighted by molar-refractivity contribution is 5.62. The normalized spacial score (nSPS) is 13.4. The molecule has 0 radical (unpaired) electrons. The Balaban J connectivity index is 3.80. The fourth-order valence-corrected chi connectivity index (χ4v) is 2.55. The van der Waals surface area contributed by atoms with Gasteiger partial charge in [-0.1, -0.05) is 87.1 Å². The minimum Gasteiger partial charge on any atom is -0.0984 e. The molecule has 0 nitrogen and oxygen atoms in total. The number of hydrogen-bond donors (Lipinski definition) is 0. The van der Waals surface area contributed by atoms with Gasteiger partial charge in [-0.2, -0.15) is 0 Å². The molecule has 0 aliphatic rings. The Morgan fingerprint density at radius 2 is 1.05 bits per heavy atom. The average molecular weight is 272 g/mol. The third-order valence-electron chi connectivity index (χ3n) is 3.87. The van der Waals surface area contributed by atoms with Gasteiger partial charge in [-0.15, -0.1) is 0 Å². The maximum Gasteiger partial charge on any atom is -0.0126 e. The van der Waals surface area contributed by atoms with Crippen molar-refractivity contribution in [1.82, 2.24) is 0 Å². The summed E-state index contributed by atoms with van der Waals surface area (Å²) in [5.74, 6) is 0. The standard InChI is InChI=1S/C20H32/c1-11-15-16(19(5,6)7)12-14(18(2,3)4)13-17(15)20(8,9)10/h11-13H,1H2,2-10H3. The van der Waals surface area contributed by atoms with Crippen molar-refractivity contribution in [2.75, 3.05) is 0 Å². The quantitative estimate of drug-likeness (QED) is 0.569. The highest BCUT2D eigenvalue weighted by Crippen LogP contribution is 2.38. The lowest BCUT2D eigenvalue weighted by Crippen LogP contribution is -2.23. The van der Waals surface area contributed by atoms with Crippen LogP contribution < -0.4 is 0 Å². The number of hydrogen-bond acceptors (Lipinski definition) is 0. The van der Waals surface area contributed by atoms with Crippen molar-refractivity contribution in [1.29, 1.82) is 0 Å². The van der Waals surface area contributed by atoms with Gasteiger partial charge in [-0.3, -0.25) is 0 Å². The summed E-state index contributed by atoms with van der Waals surface area (Å²) in [6.45, 7) is 24.6. The Morgan fingerprint density at radius 1 is 0.700 bits per heavy atom. The lowest BCUT2D eigenvalue weighted by Gasteiger charge is -2.32. The fraction of sp³-hybridized carbons (Fsp3) is 0.600. The maximum atomic E-state index is 4.07. The predicted octanol–water partition coefficient (Wildman–Crippen LogP) is 6.22. The predicted molar refractivity (Wildman–Crippen MR) is 92.6 cm³/mol. The van der Waals surface area contributed by atoms with Crippen LogP contribution in [0.3, 0.4) is 0 Å². The second kappa shape index (κ2) is 5.06. The summed E-state index contributed by atoms with van der Waals surface area (Å²) >= 11 is 0. The molecular weight excluding hydrogens is 240 g/mol. The molecule has 0 saturated heterocycles. The average Bonchev–Trinajstić information content (AvgIpc) is 2.23. The molecule has 1 rings (SSSR count). The number of benzene rings is 1. The van der Waals surface area contributed by atoms with Gasteiger partial charge in [0.1, 0.15) is 0 Å². The fourth-order valence-electron chi connectivity index (χ4n) is 2.55. The molecule has 0 atom stereocenters. The van der Waals surface area contributed by atoms with Crippen LogP contribution in [0.5, 0.6) is 0 Å². The summed E-state index contributed by atoms with van der Waals surface area (Å²) in [7, 11) is 0. The summed E-state index contributed by atoms with van der Waals surface area (Å²) in [5.41, 5.74) is 5.97. The van der Waals surface area contributed by atoms with E-state index in [1.165, 1.54) is 22.3 Å². The van der Waals surface area contributed by atoms with Crippen molar-refractivity contribution in [3.8, 4) is 0 Å². The SMILES string of the molecule is C=Cc1c(C(C)(C)C)cc(C(C)(C)C)cc1C(C)(C)C. The smallest absolute Gasteiger partial charge is 0.0126 e. The highest BCUT2D eigenvalue weighted by Gasteiger charge is 2.27. The van der Waals surface area contributed by atoms with Crippen molar-refractivity contribution < 1.29 is 0 Å². The molecule has 1 aromatic carbocycles. The van der Waals surface area contributed by atoms with Gasteiger partial charge in [-0.25, -0.2) is 0 Å². The van der Waals surface area contributed by atoms with Gasteiger partial charge in [0.2, 0.25) is 0 Å². The van der Waals surface area contributed by atoms with E-state index >= 15 is 0 Å². The molecule has 0 heterocycles. The molecule has 0 bridgehead atoms. The maximum absolute atomic E-state index is 4.07. The first-order valence-electron chi connectivity index (χ1n) is 7.60. The first-order valence-corrected chi connectivity index (χ1v) is 7.60. The van der Waals surface area contributed by atoms with E-state index in [0.29, 0.717) is 0 Å². The molecule has 0 spiro atoms. The van der Waals surface area contributed by atoms with E-state index in [2.05, 4.69) is 81.0 Å². The van der Waals surface area contributed by atoms with Crippen LogP contribution >= 0.6 is 0 Å². The third-order valence-corrected chi connectivity index (χ3v) is 3.87. The molecule has 0 N–H and O–H groups in total. The van der Waals surface area contributed by atoms with Crippen molar-refractivity contribution >= 4 is 6.08 Å². The van der Waals surface area contributed by atoms with Gasteiger partial charge in [0, 0.05) is 0 Å². The summed E-state index contributed by atoms with van der Waals surface area (Å²) in [5, 5.41) is 0. The molecule has 0 unspecified atom stereocenters. The molecule has 20 heavy (non-hydrogen) atoms. The van der Waals surface area contributed by atoms with Crippen LogP contribution in [0, 0.1) is 0 Å². The Bertz CT molecular complexity index is 461. The minimum absolute atomic E-state index is 0.130.